The van der Waals surface area contributed by atoms with Crippen LogP contribution in [0.5, 0.6) is 0 Å². The van der Waals surface area contributed by atoms with Gasteiger partial charge < -0.3 is 13.9 Å². The van der Waals surface area contributed by atoms with Gasteiger partial charge in [-0.2, -0.15) is 0 Å². The van der Waals surface area contributed by atoms with E-state index in [2.05, 4.69) is 28.7 Å². The fraction of sp³-hybridized carbons (Fsp3) is 0.333. The number of aryl methyl sites for hydroxylation is 2. The molecule has 3 aromatic rings. The second kappa shape index (κ2) is 6.83. The molecule has 1 aromatic carbocycles. The summed E-state index contributed by atoms with van der Waals surface area (Å²) in [5.41, 5.74) is 3.08. The Hall–Kier alpha value is -2.82. The van der Waals surface area contributed by atoms with Crippen molar-refractivity contribution in [3.63, 3.8) is 0 Å². The molecule has 134 valence electrons. The van der Waals surface area contributed by atoms with Crippen molar-refractivity contribution in [1.29, 1.82) is 0 Å². The molecule has 1 aliphatic rings. The molecule has 0 saturated heterocycles. The minimum Gasteiger partial charge on any atom is -0.440 e. The highest BCUT2D eigenvalue weighted by molar-refractivity contribution is 5.77. The van der Waals surface area contributed by atoms with Crippen LogP contribution in [0, 0.1) is 6.92 Å². The molecular formula is C21H23N3O2. The molecule has 0 aliphatic carbocycles. The molecule has 5 nitrogen and oxygen atoms in total. The van der Waals surface area contributed by atoms with E-state index in [1.165, 1.54) is 5.69 Å². The van der Waals surface area contributed by atoms with Crippen LogP contribution in [0.1, 0.15) is 36.7 Å². The number of carbonyl (C=O) groups is 1. The van der Waals surface area contributed by atoms with Crippen LogP contribution < -0.4 is 0 Å². The van der Waals surface area contributed by atoms with Crippen LogP contribution in [0.2, 0.25) is 0 Å². The second-order valence-corrected chi connectivity index (χ2v) is 6.78. The maximum atomic E-state index is 12.7. The average Bonchev–Trinajstić information content (AvgIpc) is 3.28. The summed E-state index contributed by atoms with van der Waals surface area (Å²) in [6.07, 6.45) is 3.02. The van der Waals surface area contributed by atoms with E-state index in [-0.39, 0.29) is 11.9 Å². The minimum atomic E-state index is 0.109. The third kappa shape index (κ3) is 3.05. The minimum absolute atomic E-state index is 0.109. The van der Waals surface area contributed by atoms with Crippen LogP contribution in [0.4, 0.5) is 0 Å². The molecule has 0 spiro atoms. The summed E-state index contributed by atoms with van der Waals surface area (Å²) in [6, 6.07) is 14.2. The van der Waals surface area contributed by atoms with Gasteiger partial charge in [0.1, 0.15) is 0 Å². The monoisotopic (exact) mass is 349 g/mol. The maximum Gasteiger partial charge on any atom is 0.223 e. The first-order valence-corrected chi connectivity index (χ1v) is 9.09. The van der Waals surface area contributed by atoms with Crippen molar-refractivity contribution in [1.82, 2.24) is 14.5 Å². The summed E-state index contributed by atoms with van der Waals surface area (Å²) >= 11 is 0. The van der Waals surface area contributed by atoms with E-state index in [4.69, 9.17) is 4.42 Å². The van der Waals surface area contributed by atoms with Crippen molar-refractivity contribution in [3.8, 4) is 11.3 Å². The summed E-state index contributed by atoms with van der Waals surface area (Å²) in [4.78, 5) is 19.2. The van der Waals surface area contributed by atoms with E-state index < -0.39 is 0 Å². The summed E-state index contributed by atoms with van der Waals surface area (Å²) in [5.74, 6) is 1.57. The molecule has 4 rings (SSSR count). The van der Waals surface area contributed by atoms with Crippen molar-refractivity contribution in [3.05, 3.63) is 65.9 Å². The van der Waals surface area contributed by atoms with Crippen LogP contribution in [-0.2, 0) is 17.8 Å². The molecule has 5 heteroatoms. The quantitative estimate of drug-likeness (QED) is 0.716. The van der Waals surface area contributed by atoms with Gasteiger partial charge in [0.15, 0.2) is 11.7 Å². The Morgan fingerprint density at radius 2 is 2.00 bits per heavy atom. The lowest BCUT2D eigenvalue weighted by molar-refractivity contribution is -0.134. The normalized spacial score (nSPS) is 16.5. The van der Waals surface area contributed by atoms with Crippen molar-refractivity contribution in [2.45, 2.75) is 39.3 Å². The first-order valence-electron chi connectivity index (χ1n) is 9.09. The summed E-state index contributed by atoms with van der Waals surface area (Å²) < 4.78 is 8.14. The second-order valence-electron chi connectivity index (χ2n) is 6.78. The first-order chi connectivity index (χ1) is 12.6. The lowest BCUT2D eigenvalue weighted by Gasteiger charge is -2.35. The van der Waals surface area contributed by atoms with E-state index in [0.717, 1.165) is 30.1 Å². The van der Waals surface area contributed by atoms with Gasteiger partial charge in [-0.1, -0.05) is 30.3 Å². The Morgan fingerprint density at radius 1 is 1.19 bits per heavy atom. The molecule has 0 radical (unpaired) electrons. The van der Waals surface area contributed by atoms with E-state index in [1.54, 1.807) is 0 Å². The van der Waals surface area contributed by atoms with Crippen molar-refractivity contribution >= 4 is 5.91 Å². The van der Waals surface area contributed by atoms with E-state index in [0.29, 0.717) is 18.7 Å². The molecule has 0 fully saturated rings. The maximum absolute atomic E-state index is 12.7. The molecular weight excluding hydrogens is 326 g/mol. The molecule has 0 unspecified atom stereocenters. The molecule has 2 aromatic heterocycles. The number of fused-ring (bicyclic) bond motifs is 1. The summed E-state index contributed by atoms with van der Waals surface area (Å²) in [5, 5.41) is 0. The predicted molar refractivity (Wildman–Crippen MR) is 99.6 cm³/mol. The summed E-state index contributed by atoms with van der Waals surface area (Å²) in [6.45, 7) is 5.64. The number of rotatable bonds is 4. The van der Waals surface area contributed by atoms with Crippen LogP contribution >= 0.6 is 0 Å². The highest BCUT2D eigenvalue weighted by atomic mass is 16.4. The van der Waals surface area contributed by atoms with E-state index in [9.17, 15) is 4.79 Å². The molecule has 1 aliphatic heterocycles. The average molecular weight is 349 g/mol. The number of amides is 1. The standard InChI is InChI=1S/C21H23N3O2/c1-15-21(17-7-4-3-5-8-17)26-19(22-15)10-11-20(25)24-14-13-23-12-6-9-18(23)16(24)2/h3-9,12,16H,10-11,13-14H2,1-2H3/t16-/m0/s1. The number of hydrogen-bond donors (Lipinski definition) is 0. The molecule has 1 amide bonds. The Balaban J connectivity index is 1.43. The molecule has 0 N–H and O–H groups in total. The van der Waals surface area contributed by atoms with Gasteiger partial charge in [0.2, 0.25) is 5.91 Å². The van der Waals surface area contributed by atoms with Gasteiger partial charge in [0, 0.05) is 43.4 Å². The highest BCUT2D eigenvalue weighted by Gasteiger charge is 2.27. The first kappa shape index (κ1) is 16.6. The third-order valence-corrected chi connectivity index (χ3v) is 5.09. The smallest absolute Gasteiger partial charge is 0.223 e. The van der Waals surface area contributed by atoms with Gasteiger partial charge in [-0.05, 0) is 26.0 Å². The van der Waals surface area contributed by atoms with Crippen LogP contribution in [0.15, 0.2) is 53.1 Å². The fourth-order valence-electron chi connectivity index (χ4n) is 3.69. The topological polar surface area (TPSA) is 51.3 Å². The Kier molecular flexibility index (Phi) is 4.37. The molecule has 0 saturated carbocycles. The highest BCUT2D eigenvalue weighted by Crippen LogP contribution is 2.27. The SMILES string of the molecule is Cc1nc(CCC(=O)N2CCn3cccc3[C@@H]2C)oc1-c1ccccc1. The zero-order chi connectivity index (χ0) is 18.1. The predicted octanol–water partition coefficient (Wildman–Crippen LogP) is 3.99. The van der Waals surface area contributed by atoms with Gasteiger partial charge >= 0.3 is 0 Å². The number of benzene rings is 1. The van der Waals surface area contributed by atoms with Crippen molar-refractivity contribution in [2.24, 2.45) is 0 Å². The van der Waals surface area contributed by atoms with Gasteiger partial charge in [-0.15, -0.1) is 0 Å². The number of oxazole rings is 1. The number of aromatic nitrogens is 2. The Morgan fingerprint density at radius 3 is 2.81 bits per heavy atom. The van der Waals surface area contributed by atoms with Gasteiger partial charge in [-0.3, -0.25) is 4.79 Å². The Labute approximate surface area is 153 Å². The van der Waals surface area contributed by atoms with E-state index in [1.807, 2.05) is 48.2 Å². The lowest BCUT2D eigenvalue weighted by Crippen LogP contribution is -2.40. The largest absolute Gasteiger partial charge is 0.440 e. The zero-order valence-electron chi connectivity index (χ0n) is 15.2. The fourth-order valence-corrected chi connectivity index (χ4v) is 3.69. The van der Waals surface area contributed by atoms with Crippen LogP contribution in [0.3, 0.4) is 0 Å². The third-order valence-electron chi connectivity index (χ3n) is 5.09. The Bertz CT molecular complexity index is 910. The van der Waals surface area contributed by atoms with Crippen LogP contribution in [0.25, 0.3) is 11.3 Å². The molecule has 0 bridgehead atoms. The summed E-state index contributed by atoms with van der Waals surface area (Å²) in [7, 11) is 0. The number of hydrogen-bond acceptors (Lipinski definition) is 3. The van der Waals surface area contributed by atoms with Crippen molar-refractivity contribution in [2.75, 3.05) is 6.54 Å². The van der Waals surface area contributed by atoms with Crippen molar-refractivity contribution < 1.29 is 9.21 Å². The number of carbonyl (C=O) groups excluding carboxylic acids is 1. The van der Waals surface area contributed by atoms with Gasteiger partial charge in [-0.25, -0.2) is 4.98 Å². The molecule has 26 heavy (non-hydrogen) atoms. The van der Waals surface area contributed by atoms with Gasteiger partial charge in [0.05, 0.1) is 11.7 Å². The lowest BCUT2D eigenvalue weighted by atomic mass is 10.1. The molecule has 3 heterocycles. The number of nitrogens with zero attached hydrogens (tertiary/aromatic N) is 3. The van der Waals surface area contributed by atoms with Crippen LogP contribution in [-0.4, -0.2) is 26.9 Å². The zero-order valence-corrected chi connectivity index (χ0v) is 15.2. The van der Waals surface area contributed by atoms with Gasteiger partial charge in [0.25, 0.3) is 0 Å². The molecule has 1 atom stereocenters. The van der Waals surface area contributed by atoms with E-state index >= 15 is 0 Å².